The molecule has 0 fully saturated rings. The van der Waals surface area contributed by atoms with Crippen molar-refractivity contribution in [3.63, 3.8) is 0 Å². The summed E-state index contributed by atoms with van der Waals surface area (Å²) in [4.78, 5) is 28.8. The van der Waals surface area contributed by atoms with Crippen LogP contribution in [-0.4, -0.2) is 39.7 Å². The maximum atomic E-state index is 12.3. The molecule has 8 nitrogen and oxygen atoms in total. The lowest BCUT2D eigenvalue weighted by Crippen LogP contribution is -2.29. The third-order valence-corrected chi connectivity index (χ3v) is 3.99. The Hall–Kier alpha value is -2.84. The number of aryl methyl sites for hydroxylation is 1. The largest absolute Gasteiger partial charge is 0.395 e. The Morgan fingerprint density at radius 2 is 2.04 bits per heavy atom. The average Bonchev–Trinajstić information content (AvgIpc) is 3.03. The van der Waals surface area contributed by atoms with Gasteiger partial charge >= 0.3 is 6.03 Å². The lowest BCUT2D eigenvalue weighted by Gasteiger charge is -2.08. The summed E-state index contributed by atoms with van der Waals surface area (Å²) >= 11 is 5.92. The van der Waals surface area contributed by atoms with Gasteiger partial charge in [0.05, 0.1) is 6.61 Å². The van der Waals surface area contributed by atoms with Crippen LogP contribution in [-0.2, 0) is 6.54 Å². The third kappa shape index (κ3) is 6.11. The number of benzene rings is 1. The molecule has 9 heteroatoms. The highest BCUT2D eigenvalue weighted by Gasteiger charge is 2.16. The number of aromatic nitrogens is 2. The van der Waals surface area contributed by atoms with Crippen molar-refractivity contribution in [3.05, 3.63) is 52.5 Å². The lowest BCUT2D eigenvalue weighted by atomic mass is 10.2. The molecule has 0 aliphatic carbocycles. The molecule has 0 spiro atoms. The average molecular weight is 406 g/mol. The molecule has 0 saturated carbocycles. The van der Waals surface area contributed by atoms with E-state index in [2.05, 4.69) is 20.9 Å². The van der Waals surface area contributed by atoms with Crippen molar-refractivity contribution in [1.82, 2.24) is 14.9 Å². The predicted molar refractivity (Wildman–Crippen MR) is 110 cm³/mol. The minimum absolute atomic E-state index is 0.118. The molecule has 2 aromatic rings. The number of amides is 3. The number of carbonyl (C=O) groups excluding carboxylic acids is 2. The molecule has 0 radical (unpaired) electrons. The summed E-state index contributed by atoms with van der Waals surface area (Å²) in [6.45, 7) is 6.10. The van der Waals surface area contributed by atoms with Gasteiger partial charge in [-0.2, -0.15) is 0 Å². The zero-order chi connectivity index (χ0) is 20.7. The van der Waals surface area contributed by atoms with Crippen molar-refractivity contribution >= 4 is 35.0 Å². The minimum atomic E-state index is -0.486. The molecule has 0 bridgehead atoms. The molecule has 3 amide bonds. The first-order valence-corrected chi connectivity index (χ1v) is 9.11. The van der Waals surface area contributed by atoms with Crippen molar-refractivity contribution in [2.24, 2.45) is 0 Å². The molecule has 1 heterocycles. The van der Waals surface area contributed by atoms with Gasteiger partial charge in [-0.15, -0.1) is 0 Å². The van der Waals surface area contributed by atoms with Gasteiger partial charge in [-0.1, -0.05) is 23.3 Å². The lowest BCUT2D eigenvalue weighted by molar-refractivity contribution is 0.0930. The van der Waals surface area contributed by atoms with E-state index in [4.69, 9.17) is 16.7 Å². The van der Waals surface area contributed by atoms with Crippen molar-refractivity contribution in [3.8, 4) is 0 Å². The van der Waals surface area contributed by atoms with Gasteiger partial charge in [0.25, 0.3) is 5.91 Å². The molecule has 4 N–H and O–H groups in total. The van der Waals surface area contributed by atoms with Crippen LogP contribution in [0, 0.1) is 6.92 Å². The van der Waals surface area contributed by atoms with Gasteiger partial charge in [-0.05, 0) is 44.5 Å². The fraction of sp³-hybridized carbons (Fsp3) is 0.316. The first kappa shape index (κ1) is 21.5. The summed E-state index contributed by atoms with van der Waals surface area (Å²) in [6.07, 6.45) is 3.52. The number of rotatable bonds is 7. The van der Waals surface area contributed by atoms with E-state index in [0.29, 0.717) is 17.3 Å². The molecular weight excluding hydrogens is 382 g/mol. The van der Waals surface area contributed by atoms with Gasteiger partial charge < -0.3 is 20.3 Å². The smallest absolute Gasteiger partial charge is 0.324 e. The molecule has 0 saturated heterocycles. The molecule has 0 unspecified atom stereocenters. The van der Waals surface area contributed by atoms with Crippen LogP contribution in [0.1, 0.15) is 30.0 Å². The molecule has 150 valence electrons. The van der Waals surface area contributed by atoms with Crippen LogP contribution in [0.3, 0.4) is 0 Å². The van der Waals surface area contributed by atoms with E-state index in [0.717, 1.165) is 11.1 Å². The van der Waals surface area contributed by atoms with Crippen LogP contribution in [0.5, 0.6) is 0 Å². The Bertz CT molecular complexity index is 888. The van der Waals surface area contributed by atoms with Crippen LogP contribution in [0.4, 0.5) is 16.3 Å². The number of nitrogens with one attached hydrogen (secondary N) is 3. The Balaban J connectivity index is 2.16. The van der Waals surface area contributed by atoms with Crippen molar-refractivity contribution < 1.29 is 14.7 Å². The fourth-order valence-corrected chi connectivity index (χ4v) is 2.59. The Morgan fingerprint density at radius 1 is 1.29 bits per heavy atom. The van der Waals surface area contributed by atoms with Crippen molar-refractivity contribution in [1.29, 1.82) is 0 Å². The van der Waals surface area contributed by atoms with Crippen LogP contribution >= 0.6 is 11.6 Å². The van der Waals surface area contributed by atoms with E-state index in [1.165, 1.54) is 0 Å². The topological polar surface area (TPSA) is 108 Å². The molecule has 2 rings (SSSR count). The Morgan fingerprint density at radius 3 is 2.68 bits per heavy atom. The molecule has 0 aliphatic heterocycles. The van der Waals surface area contributed by atoms with Gasteiger partial charge in [-0.3, -0.25) is 10.1 Å². The minimum Gasteiger partial charge on any atom is -0.395 e. The van der Waals surface area contributed by atoms with E-state index >= 15 is 0 Å². The number of hydrogen-bond donors (Lipinski definition) is 4. The number of nitrogens with zero attached hydrogens (tertiary/aromatic N) is 2. The van der Waals surface area contributed by atoms with E-state index in [1.807, 2.05) is 26.8 Å². The number of imidazole rings is 1. The van der Waals surface area contributed by atoms with E-state index in [9.17, 15) is 9.59 Å². The van der Waals surface area contributed by atoms with E-state index < -0.39 is 11.9 Å². The maximum absolute atomic E-state index is 12.3. The number of aliphatic hydroxyl groups is 1. The molecule has 1 aromatic carbocycles. The van der Waals surface area contributed by atoms with Crippen LogP contribution in [0.25, 0.3) is 0 Å². The highest BCUT2D eigenvalue weighted by atomic mass is 35.5. The van der Waals surface area contributed by atoms with Crippen LogP contribution in [0.2, 0.25) is 5.02 Å². The second-order valence-corrected chi connectivity index (χ2v) is 6.84. The van der Waals surface area contributed by atoms with Gasteiger partial charge in [0.2, 0.25) is 5.82 Å². The number of allylic oxidation sites excluding steroid dienone is 2. The summed E-state index contributed by atoms with van der Waals surface area (Å²) in [5, 5.41) is 17.4. The third-order valence-electron chi connectivity index (χ3n) is 3.75. The highest BCUT2D eigenvalue weighted by Crippen LogP contribution is 2.20. The number of hydrogen-bond acceptors (Lipinski definition) is 4. The van der Waals surface area contributed by atoms with Crippen LogP contribution in [0.15, 0.2) is 36.0 Å². The monoisotopic (exact) mass is 405 g/mol. The predicted octanol–water partition coefficient (Wildman–Crippen LogP) is 3.18. The Kier molecular flexibility index (Phi) is 7.60. The second-order valence-electron chi connectivity index (χ2n) is 6.40. The van der Waals surface area contributed by atoms with E-state index in [-0.39, 0.29) is 24.8 Å². The summed E-state index contributed by atoms with van der Waals surface area (Å²) < 4.78 is 1.63. The van der Waals surface area contributed by atoms with Crippen molar-refractivity contribution in [2.45, 2.75) is 27.3 Å². The second kappa shape index (κ2) is 9.91. The van der Waals surface area contributed by atoms with Crippen LogP contribution < -0.4 is 16.0 Å². The van der Waals surface area contributed by atoms with Gasteiger partial charge in [0.15, 0.2) is 5.82 Å². The van der Waals surface area contributed by atoms with Gasteiger partial charge in [0, 0.05) is 30.0 Å². The molecule has 1 aromatic heterocycles. The summed E-state index contributed by atoms with van der Waals surface area (Å²) in [6, 6.07) is 4.65. The summed E-state index contributed by atoms with van der Waals surface area (Å²) in [5.41, 5.74) is 2.52. The zero-order valence-electron chi connectivity index (χ0n) is 16.0. The molecule has 0 aliphatic rings. The fourth-order valence-electron chi connectivity index (χ4n) is 2.36. The molecule has 28 heavy (non-hydrogen) atoms. The normalized spacial score (nSPS) is 10.3. The number of carbonyl (C=O) groups is 2. The maximum Gasteiger partial charge on any atom is 0.324 e. The van der Waals surface area contributed by atoms with E-state index in [1.54, 1.807) is 29.0 Å². The summed E-state index contributed by atoms with van der Waals surface area (Å²) in [7, 11) is 0. The first-order valence-electron chi connectivity index (χ1n) is 8.74. The zero-order valence-corrected chi connectivity index (χ0v) is 16.8. The number of anilines is 2. The first-order chi connectivity index (χ1) is 13.3. The molecular formula is C19H24ClN5O3. The quantitative estimate of drug-likeness (QED) is 0.530. The molecule has 0 atom stereocenters. The Labute approximate surface area is 168 Å². The number of halogens is 1. The standard InChI is InChI=1S/C19H24ClN5O3/c1-12(2)6-8-25-11-16(23-17(25)18(27)21-7-9-26)24-19(28)22-15-5-4-14(20)10-13(15)3/h4-6,10-11,26H,7-9H2,1-3H3,(H,21,27)(H2,22,24,28). The van der Waals surface area contributed by atoms with Crippen molar-refractivity contribution in [2.75, 3.05) is 23.8 Å². The summed E-state index contributed by atoms with van der Waals surface area (Å²) in [5.74, 6) is -0.0532. The van der Waals surface area contributed by atoms with Gasteiger partial charge in [-0.25, -0.2) is 9.78 Å². The number of urea groups is 1. The van der Waals surface area contributed by atoms with Gasteiger partial charge in [0.1, 0.15) is 0 Å². The highest BCUT2D eigenvalue weighted by molar-refractivity contribution is 6.30. The number of aliphatic hydroxyl groups excluding tert-OH is 1. The SMILES string of the molecule is CC(C)=CCn1cc(NC(=O)Nc2ccc(Cl)cc2C)nc1C(=O)NCCO.